The maximum Gasteiger partial charge on any atom is 0.0898 e. The van der Waals surface area contributed by atoms with Crippen molar-refractivity contribution >= 4 is 27.3 Å². The number of halogens is 1. The lowest BCUT2D eigenvalue weighted by atomic mass is 10.0. The Kier molecular flexibility index (Phi) is 4.92. The zero-order chi connectivity index (χ0) is 13.0. The van der Waals surface area contributed by atoms with Gasteiger partial charge in [0.15, 0.2) is 0 Å². The van der Waals surface area contributed by atoms with E-state index in [4.69, 9.17) is 0 Å². The minimum absolute atomic E-state index is 0.290. The molecule has 1 unspecified atom stereocenters. The Bertz CT molecular complexity index is 510. The molecule has 0 fully saturated rings. The van der Waals surface area contributed by atoms with Crippen molar-refractivity contribution in [2.75, 3.05) is 6.54 Å². The van der Waals surface area contributed by atoms with Gasteiger partial charge in [-0.3, -0.25) is 0 Å². The molecular formula is C14H17BrN2S. The van der Waals surface area contributed by atoms with Crippen molar-refractivity contribution in [3.63, 3.8) is 0 Å². The third kappa shape index (κ3) is 3.40. The Morgan fingerprint density at radius 2 is 2.17 bits per heavy atom. The van der Waals surface area contributed by atoms with Gasteiger partial charge in [0.25, 0.3) is 0 Å². The van der Waals surface area contributed by atoms with E-state index < -0.39 is 0 Å². The lowest BCUT2D eigenvalue weighted by Gasteiger charge is -2.16. The summed E-state index contributed by atoms with van der Waals surface area (Å²) in [4.78, 5) is 4.60. The highest BCUT2D eigenvalue weighted by Crippen LogP contribution is 2.24. The molecule has 1 aromatic heterocycles. The summed E-state index contributed by atoms with van der Waals surface area (Å²) in [6.45, 7) is 5.13. The van der Waals surface area contributed by atoms with Crippen molar-refractivity contribution in [2.45, 2.75) is 26.3 Å². The van der Waals surface area contributed by atoms with Crippen molar-refractivity contribution in [2.24, 2.45) is 0 Å². The molecule has 4 heteroatoms. The van der Waals surface area contributed by atoms with Crippen LogP contribution in [-0.2, 0) is 6.42 Å². The summed E-state index contributed by atoms with van der Waals surface area (Å²) in [5.41, 5.74) is 2.46. The number of nitrogens with zero attached hydrogens (tertiary/aromatic N) is 1. The van der Waals surface area contributed by atoms with E-state index in [-0.39, 0.29) is 0 Å². The third-order valence-electron chi connectivity index (χ3n) is 2.83. The topological polar surface area (TPSA) is 24.9 Å². The van der Waals surface area contributed by atoms with Gasteiger partial charge < -0.3 is 5.32 Å². The minimum Gasteiger partial charge on any atom is -0.309 e. The summed E-state index contributed by atoms with van der Waals surface area (Å²) in [7, 11) is 0. The number of aromatic nitrogens is 1. The predicted octanol–water partition coefficient (Wildman–Crippen LogP) is 4.11. The van der Waals surface area contributed by atoms with Gasteiger partial charge in [-0.25, -0.2) is 4.98 Å². The summed E-state index contributed by atoms with van der Waals surface area (Å²) >= 11 is 5.32. The molecule has 96 valence electrons. The normalized spacial score (nSPS) is 12.6. The summed E-state index contributed by atoms with van der Waals surface area (Å²) in [6.07, 6.45) is 0.957. The molecule has 18 heavy (non-hydrogen) atoms. The van der Waals surface area contributed by atoms with Gasteiger partial charge in [-0.1, -0.05) is 41.1 Å². The average Bonchev–Trinajstić information content (AvgIpc) is 2.78. The third-order valence-corrected chi connectivity index (χ3v) is 4.39. The van der Waals surface area contributed by atoms with E-state index in [2.05, 4.69) is 63.7 Å². The molecule has 0 aliphatic carbocycles. The first-order chi connectivity index (χ1) is 8.70. The van der Waals surface area contributed by atoms with E-state index in [1.807, 2.05) is 6.07 Å². The molecule has 1 heterocycles. The molecule has 0 amide bonds. The first-order valence-electron chi connectivity index (χ1n) is 6.09. The van der Waals surface area contributed by atoms with Crippen molar-refractivity contribution in [3.05, 3.63) is 50.4 Å². The molecule has 0 spiro atoms. The Balaban J connectivity index is 2.19. The molecule has 0 bridgehead atoms. The molecule has 2 aromatic rings. The fourth-order valence-corrected chi connectivity index (χ4v) is 3.06. The molecule has 0 aliphatic heterocycles. The Morgan fingerprint density at radius 3 is 2.78 bits per heavy atom. The highest BCUT2D eigenvalue weighted by Gasteiger charge is 2.15. The number of hydrogen-bond donors (Lipinski definition) is 1. The monoisotopic (exact) mass is 324 g/mol. The predicted molar refractivity (Wildman–Crippen MR) is 81.1 cm³/mol. The van der Waals surface area contributed by atoms with Gasteiger partial charge >= 0.3 is 0 Å². The summed E-state index contributed by atoms with van der Waals surface area (Å²) in [6, 6.07) is 8.66. The molecule has 2 nitrogen and oxygen atoms in total. The minimum atomic E-state index is 0.290. The van der Waals surface area contributed by atoms with Crippen LogP contribution in [0.1, 0.15) is 29.2 Å². The average molecular weight is 325 g/mol. The molecule has 1 N–H and O–H groups in total. The van der Waals surface area contributed by atoms with Crippen LogP contribution in [0, 0.1) is 6.92 Å². The van der Waals surface area contributed by atoms with E-state index in [1.165, 1.54) is 10.0 Å². The van der Waals surface area contributed by atoms with Gasteiger partial charge in [0, 0.05) is 9.85 Å². The van der Waals surface area contributed by atoms with Crippen molar-refractivity contribution in [3.8, 4) is 0 Å². The molecule has 0 saturated carbocycles. The van der Waals surface area contributed by atoms with Crippen molar-refractivity contribution < 1.29 is 0 Å². The van der Waals surface area contributed by atoms with Gasteiger partial charge in [-0.05, 0) is 31.5 Å². The summed E-state index contributed by atoms with van der Waals surface area (Å²) in [5.74, 6) is 0. The van der Waals surface area contributed by atoms with Crippen LogP contribution < -0.4 is 5.32 Å². The number of benzene rings is 1. The van der Waals surface area contributed by atoms with Crippen LogP contribution in [-0.4, -0.2) is 11.5 Å². The van der Waals surface area contributed by atoms with E-state index in [9.17, 15) is 0 Å². The van der Waals surface area contributed by atoms with Crippen LogP contribution in [0.2, 0.25) is 0 Å². The molecule has 2 rings (SSSR count). The standard InChI is InChI=1S/C14H17BrN2S/c1-3-16-13(14-9-18-10(2)17-14)8-11-6-4-5-7-12(11)15/h4-7,9,13,16H,3,8H2,1-2H3. The fourth-order valence-electron chi connectivity index (χ4n) is 1.95. The Hall–Kier alpha value is -0.710. The number of likely N-dealkylation sites (N-methyl/N-ethyl adjacent to an activating group) is 1. The second-order valence-corrected chi connectivity index (χ2v) is 6.11. The summed E-state index contributed by atoms with van der Waals surface area (Å²) < 4.78 is 1.17. The van der Waals surface area contributed by atoms with Crippen LogP contribution in [0.15, 0.2) is 34.1 Å². The molecular weight excluding hydrogens is 308 g/mol. The van der Waals surface area contributed by atoms with Gasteiger partial charge in [0.2, 0.25) is 0 Å². The maximum absolute atomic E-state index is 4.60. The first kappa shape index (κ1) is 13.7. The van der Waals surface area contributed by atoms with Crippen LogP contribution >= 0.6 is 27.3 Å². The van der Waals surface area contributed by atoms with Gasteiger partial charge in [0.05, 0.1) is 16.7 Å². The van der Waals surface area contributed by atoms with Crippen molar-refractivity contribution in [1.82, 2.24) is 10.3 Å². The SMILES string of the molecule is CCNC(Cc1ccccc1Br)c1csc(C)n1. The molecule has 1 atom stereocenters. The van der Waals surface area contributed by atoms with Crippen LogP contribution in [0.3, 0.4) is 0 Å². The van der Waals surface area contributed by atoms with Crippen LogP contribution in [0.25, 0.3) is 0 Å². The highest BCUT2D eigenvalue weighted by molar-refractivity contribution is 9.10. The van der Waals surface area contributed by atoms with Crippen LogP contribution in [0.4, 0.5) is 0 Å². The molecule has 0 aliphatic rings. The smallest absolute Gasteiger partial charge is 0.0898 e. The van der Waals surface area contributed by atoms with Gasteiger partial charge in [-0.2, -0.15) is 0 Å². The van der Waals surface area contributed by atoms with Gasteiger partial charge in [-0.15, -0.1) is 11.3 Å². The summed E-state index contributed by atoms with van der Waals surface area (Å²) in [5, 5.41) is 6.79. The quantitative estimate of drug-likeness (QED) is 0.895. The lowest BCUT2D eigenvalue weighted by Crippen LogP contribution is -2.23. The van der Waals surface area contributed by atoms with E-state index in [1.54, 1.807) is 11.3 Å². The van der Waals surface area contributed by atoms with E-state index in [0.717, 1.165) is 23.7 Å². The fraction of sp³-hybridized carbons (Fsp3) is 0.357. The zero-order valence-electron chi connectivity index (χ0n) is 10.6. The highest BCUT2D eigenvalue weighted by atomic mass is 79.9. The Labute approximate surface area is 121 Å². The number of aryl methyl sites for hydroxylation is 1. The second kappa shape index (κ2) is 6.45. The number of rotatable bonds is 5. The number of thiazole rings is 1. The maximum atomic E-state index is 4.60. The zero-order valence-corrected chi connectivity index (χ0v) is 13.0. The lowest BCUT2D eigenvalue weighted by molar-refractivity contribution is 0.538. The molecule has 0 saturated heterocycles. The largest absolute Gasteiger partial charge is 0.309 e. The number of nitrogens with one attached hydrogen (secondary N) is 1. The van der Waals surface area contributed by atoms with Gasteiger partial charge in [0.1, 0.15) is 0 Å². The molecule has 1 aromatic carbocycles. The second-order valence-electron chi connectivity index (χ2n) is 4.20. The Morgan fingerprint density at radius 1 is 1.39 bits per heavy atom. The van der Waals surface area contributed by atoms with Crippen molar-refractivity contribution in [1.29, 1.82) is 0 Å². The number of hydrogen-bond acceptors (Lipinski definition) is 3. The first-order valence-corrected chi connectivity index (χ1v) is 7.76. The van der Waals surface area contributed by atoms with E-state index >= 15 is 0 Å². The van der Waals surface area contributed by atoms with E-state index in [0.29, 0.717) is 6.04 Å². The van der Waals surface area contributed by atoms with Crippen LogP contribution in [0.5, 0.6) is 0 Å². The molecule has 0 radical (unpaired) electrons.